The number of amides is 1. The van der Waals surface area contributed by atoms with E-state index in [0.29, 0.717) is 19.6 Å². The van der Waals surface area contributed by atoms with Crippen molar-refractivity contribution in [3.8, 4) is 5.75 Å². The van der Waals surface area contributed by atoms with Crippen LogP contribution < -0.4 is 9.64 Å². The molecule has 3 aromatic carbocycles. The van der Waals surface area contributed by atoms with Crippen LogP contribution in [0.25, 0.3) is 10.2 Å². The maximum absolute atomic E-state index is 13.3. The Morgan fingerprint density at radius 3 is 2.50 bits per heavy atom. The van der Waals surface area contributed by atoms with Crippen LogP contribution in [-0.2, 0) is 11.3 Å². The van der Waals surface area contributed by atoms with Crippen molar-refractivity contribution in [1.29, 1.82) is 0 Å². The summed E-state index contributed by atoms with van der Waals surface area (Å²) in [5.41, 5.74) is 1.91. The van der Waals surface area contributed by atoms with Crippen molar-refractivity contribution < 1.29 is 9.53 Å². The van der Waals surface area contributed by atoms with Gasteiger partial charge in [0.1, 0.15) is 11.3 Å². The normalized spacial score (nSPS) is 10.9. The molecule has 0 aliphatic heterocycles. The summed E-state index contributed by atoms with van der Waals surface area (Å²) >= 11 is 3.32. The molecule has 0 unspecified atom stereocenters. The molecule has 0 radical (unpaired) electrons. The summed E-state index contributed by atoms with van der Waals surface area (Å²) < 4.78 is 6.77. The molecule has 0 bridgehead atoms. The molecule has 0 saturated heterocycles. The van der Waals surface area contributed by atoms with Gasteiger partial charge in [0.05, 0.1) is 17.9 Å². The Balaban J connectivity index is 1.51. The summed E-state index contributed by atoms with van der Waals surface area (Å²) in [5.74, 6) is 1.77. The number of carbonyl (C=O) groups excluding carboxylic acids is 1. The number of rotatable bonds is 10. The Bertz CT molecular complexity index is 1150. The molecule has 0 fully saturated rings. The zero-order valence-electron chi connectivity index (χ0n) is 18.1. The molecule has 4 nitrogen and oxygen atoms in total. The second kappa shape index (κ2) is 11.2. The van der Waals surface area contributed by atoms with E-state index in [4.69, 9.17) is 9.72 Å². The maximum atomic E-state index is 13.3. The van der Waals surface area contributed by atoms with Crippen molar-refractivity contribution in [2.75, 3.05) is 17.3 Å². The van der Waals surface area contributed by atoms with Crippen LogP contribution in [0.3, 0.4) is 0 Å². The fourth-order valence-corrected chi connectivity index (χ4v) is 5.27. The highest BCUT2D eigenvalue weighted by atomic mass is 32.2. The largest absolute Gasteiger partial charge is 0.492 e. The molecule has 0 saturated carbocycles. The van der Waals surface area contributed by atoms with Gasteiger partial charge in [0.25, 0.3) is 0 Å². The second-order valence-corrected chi connectivity index (χ2v) is 9.44. The molecule has 32 heavy (non-hydrogen) atoms. The van der Waals surface area contributed by atoms with Gasteiger partial charge in [-0.2, -0.15) is 0 Å². The first kappa shape index (κ1) is 22.4. The number of carbonyl (C=O) groups is 1. The van der Waals surface area contributed by atoms with Gasteiger partial charge in [-0.25, -0.2) is 4.98 Å². The summed E-state index contributed by atoms with van der Waals surface area (Å²) in [7, 11) is 0. The van der Waals surface area contributed by atoms with Gasteiger partial charge in [-0.1, -0.05) is 65.9 Å². The average Bonchev–Trinajstić information content (AvgIpc) is 3.27. The first-order chi connectivity index (χ1) is 15.7. The SMILES string of the molecule is CCOc1cccc2sc(N(Cc3ccccc3)C(=O)CCCSc3ccccc3)nc12. The minimum Gasteiger partial charge on any atom is -0.492 e. The standard InChI is InChI=1S/C26H26N2O2S2/c1-2-30-22-15-9-16-23-25(22)27-26(32-23)28(19-20-11-5-3-6-12-20)24(29)17-10-18-31-21-13-7-4-8-14-21/h3-9,11-16H,2,10,17-19H2,1H3. The summed E-state index contributed by atoms with van der Waals surface area (Å²) in [6.45, 7) is 3.05. The lowest BCUT2D eigenvalue weighted by Gasteiger charge is -2.20. The molecule has 164 valence electrons. The van der Waals surface area contributed by atoms with Crippen molar-refractivity contribution in [1.82, 2.24) is 4.98 Å². The quantitative estimate of drug-likeness (QED) is 0.192. The number of hydrogen-bond donors (Lipinski definition) is 0. The monoisotopic (exact) mass is 462 g/mol. The number of nitrogens with zero attached hydrogens (tertiary/aromatic N) is 2. The molecule has 0 aliphatic rings. The number of ether oxygens (including phenoxy) is 1. The summed E-state index contributed by atoms with van der Waals surface area (Å²) in [4.78, 5) is 21.2. The highest BCUT2D eigenvalue weighted by molar-refractivity contribution is 7.99. The third kappa shape index (κ3) is 5.69. The second-order valence-electron chi connectivity index (χ2n) is 7.26. The zero-order valence-corrected chi connectivity index (χ0v) is 19.7. The van der Waals surface area contributed by atoms with Gasteiger partial charge in [-0.05, 0) is 48.9 Å². The Morgan fingerprint density at radius 1 is 1.00 bits per heavy atom. The minimum absolute atomic E-state index is 0.0968. The van der Waals surface area contributed by atoms with E-state index in [1.54, 1.807) is 11.8 Å². The number of hydrogen-bond acceptors (Lipinski definition) is 5. The Kier molecular flexibility index (Phi) is 7.80. The van der Waals surface area contributed by atoms with E-state index in [0.717, 1.165) is 38.8 Å². The van der Waals surface area contributed by atoms with Crippen molar-refractivity contribution in [2.24, 2.45) is 0 Å². The fraction of sp³-hybridized carbons (Fsp3) is 0.231. The van der Waals surface area contributed by atoms with E-state index < -0.39 is 0 Å². The zero-order chi connectivity index (χ0) is 22.2. The Labute approximate surface area is 197 Å². The van der Waals surface area contributed by atoms with E-state index in [1.807, 2.05) is 78.6 Å². The molecule has 4 rings (SSSR count). The van der Waals surface area contributed by atoms with Gasteiger partial charge in [-0.15, -0.1) is 11.8 Å². The molecule has 1 aromatic heterocycles. The lowest BCUT2D eigenvalue weighted by atomic mass is 10.2. The molecular formula is C26H26N2O2S2. The number of para-hydroxylation sites is 1. The molecule has 0 N–H and O–H groups in total. The van der Waals surface area contributed by atoms with Gasteiger partial charge in [0.15, 0.2) is 5.13 Å². The van der Waals surface area contributed by atoms with Crippen molar-refractivity contribution >= 4 is 44.4 Å². The molecule has 6 heteroatoms. The summed E-state index contributed by atoms with van der Waals surface area (Å²) in [5, 5.41) is 0.719. The molecule has 0 spiro atoms. The van der Waals surface area contributed by atoms with Crippen LogP contribution in [0.5, 0.6) is 5.75 Å². The van der Waals surface area contributed by atoms with Gasteiger partial charge >= 0.3 is 0 Å². The van der Waals surface area contributed by atoms with E-state index >= 15 is 0 Å². The number of aromatic nitrogens is 1. The number of anilines is 1. The van der Waals surface area contributed by atoms with E-state index in [-0.39, 0.29) is 5.91 Å². The third-order valence-electron chi connectivity index (χ3n) is 4.93. The van der Waals surface area contributed by atoms with Crippen LogP contribution in [0.2, 0.25) is 0 Å². The van der Waals surface area contributed by atoms with Crippen molar-refractivity contribution in [2.45, 2.75) is 31.2 Å². The Hall–Kier alpha value is -2.83. The molecule has 4 aromatic rings. The highest BCUT2D eigenvalue weighted by Gasteiger charge is 2.21. The van der Waals surface area contributed by atoms with Gasteiger partial charge in [-0.3, -0.25) is 9.69 Å². The van der Waals surface area contributed by atoms with Crippen LogP contribution in [0.15, 0.2) is 83.8 Å². The predicted octanol–water partition coefficient (Wildman–Crippen LogP) is 6.80. The van der Waals surface area contributed by atoms with E-state index in [1.165, 1.54) is 16.2 Å². The number of thioether (sulfide) groups is 1. The molecule has 0 atom stereocenters. The molecule has 1 amide bonds. The fourth-order valence-electron chi connectivity index (χ4n) is 3.39. The van der Waals surface area contributed by atoms with Gasteiger partial charge in [0, 0.05) is 11.3 Å². The number of thiazole rings is 1. The number of benzene rings is 3. The van der Waals surface area contributed by atoms with Crippen LogP contribution in [0.4, 0.5) is 5.13 Å². The molecule has 1 heterocycles. The first-order valence-electron chi connectivity index (χ1n) is 10.8. The van der Waals surface area contributed by atoms with Gasteiger partial charge < -0.3 is 4.74 Å². The molecule has 0 aliphatic carbocycles. The van der Waals surface area contributed by atoms with E-state index in [9.17, 15) is 4.79 Å². The maximum Gasteiger partial charge on any atom is 0.229 e. The molecular weight excluding hydrogens is 436 g/mol. The summed E-state index contributed by atoms with van der Waals surface area (Å²) in [6, 6.07) is 26.3. The third-order valence-corrected chi connectivity index (χ3v) is 7.07. The lowest BCUT2D eigenvalue weighted by molar-refractivity contribution is -0.118. The predicted molar refractivity (Wildman–Crippen MR) is 135 cm³/mol. The minimum atomic E-state index is 0.0968. The van der Waals surface area contributed by atoms with Crippen LogP contribution in [-0.4, -0.2) is 23.3 Å². The van der Waals surface area contributed by atoms with Crippen LogP contribution >= 0.6 is 23.1 Å². The highest BCUT2D eigenvalue weighted by Crippen LogP contribution is 2.35. The average molecular weight is 463 g/mol. The lowest BCUT2D eigenvalue weighted by Crippen LogP contribution is -2.30. The first-order valence-corrected chi connectivity index (χ1v) is 12.6. The Morgan fingerprint density at radius 2 is 1.75 bits per heavy atom. The van der Waals surface area contributed by atoms with E-state index in [2.05, 4.69) is 12.1 Å². The van der Waals surface area contributed by atoms with Gasteiger partial charge in [0.2, 0.25) is 5.91 Å². The topological polar surface area (TPSA) is 42.4 Å². The smallest absolute Gasteiger partial charge is 0.229 e. The van der Waals surface area contributed by atoms with Crippen molar-refractivity contribution in [3.63, 3.8) is 0 Å². The van der Waals surface area contributed by atoms with Crippen LogP contribution in [0.1, 0.15) is 25.3 Å². The van der Waals surface area contributed by atoms with Crippen LogP contribution in [0, 0.1) is 0 Å². The van der Waals surface area contributed by atoms with Crippen molar-refractivity contribution in [3.05, 3.63) is 84.4 Å². The summed E-state index contributed by atoms with van der Waals surface area (Å²) in [6.07, 6.45) is 1.31. The number of fused-ring (bicyclic) bond motifs is 1.